The van der Waals surface area contributed by atoms with Gasteiger partial charge in [0.15, 0.2) is 0 Å². The van der Waals surface area contributed by atoms with Crippen molar-refractivity contribution in [3.63, 3.8) is 0 Å². The van der Waals surface area contributed by atoms with E-state index < -0.39 is 10.8 Å². The van der Waals surface area contributed by atoms with Gasteiger partial charge < -0.3 is 15.3 Å². The minimum Gasteiger partial charge on any atom is -0.507 e. The molecule has 3 aromatic rings. The molecule has 0 aliphatic carbocycles. The molecule has 4 nitrogen and oxygen atoms in total. The molecule has 0 radical (unpaired) electrons. The number of unbranched alkanes of at least 4 members (excludes halogenated alkanes) is 1. The van der Waals surface area contributed by atoms with Crippen molar-refractivity contribution in [2.75, 3.05) is 18.0 Å². The topological polar surface area (TPSA) is 52.6 Å². The van der Waals surface area contributed by atoms with E-state index in [1.54, 1.807) is 0 Å². The zero-order chi connectivity index (χ0) is 22.0. The summed E-state index contributed by atoms with van der Waals surface area (Å²) in [6, 6.07) is 18.0. The van der Waals surface area contributed by atoms with Gasteiger partial charge in [0.1, 0.15) is 5.75 Å². The van der Waals surface area contributed by atoms with Crippen LogP contribution in [0.1, 0.15) is 35.1 Å². The van der Waals surface area contributed by atoms with E-state index in [1.807, 2.05) is 49.4 Å². The molecule has 1 aliphatic heterocycles. The van der Waals surface area contributed by atoms with Crippen LogP contribution in [-0.4, -0.2) is 22.4 Å². The Morgan fingerprint density at radius 2 is 1.71 bits per heavy atom. The van der Waals surface area contributed by atoms with Gasteiger partial charge in [0.05, 0.1) is 32.0 Å². The molecule has 0 bridgehead atoms. The largest absolute Gasteiger partial charge is 0.507 e. The average molecular weight is 435 g/mol. The van der Waals surface area contributed by atoms with E-state index in [-0.39, 0.29) is 0 Å². The number of anilines is 2. The van der Waals surface area contributed by atoms with Crippen LogP contribution in [0.3, 0.4) is 0 Å². The number of benzene rings is 3. The maximum absolute atomic E-state index is 13.2. The molecular formula is C26H30N2O2S. The highest BCUT2D eigenvalue weighted by molar-refractivity contribution is 7.85. The number of hydrogen-bond acceptors (Lipinski definition) is 4. The average Bonchev–Trinajstić information content (AvgIpc) is 2.77. The van der Waals surface area contributed by atoms with Gasteiger partial charge >= 0.3 is 0 Å². The van der Waals surface area contributed by atoms with Gasteiger partial charge in [0.25, 0.3) is 0 Å². The molecular weight excluding hydrogens is 404 g/mol. The predicted octanol–water partition coefficient (Wildman–Crippen LogP) is 5.51. The predicted molar refractivity (Wildman–Crippen MR) is 128 cm³/mol. The molecule has 0 saturated carbocycles. The first-order valence-electron chi connectivity index (χ1n) is 10.9. The monoisotopic (exact) mass is 434 g/mol. The van der Waals surface area contributed by atoms with Crippen molar-refractivity contribution in [2.45, 2.75) is 49.9 Å². The van der Waals surface area contributed by atoms with Crippen molar-refractivity contribution in [1.82, 2.24) is 5.32 Å². The first kappa shape index (κ1) is 21.6. The van der Waals surface area contributed by atoms with Gasteiger partial charge in [-0.3, -0.25) is 0 Å². The third-order valence-corrected chi connectivity index (χ3v) is 7.59. The van der Waals surface area contributed by atoms with Crippen LogP contribution in [0.5, 0.6) is 5.75 Å². The lowest BCUT2D eigenvalue weighted by Crippen LogP contribution is -2.27. The van der Waals surface area contributed by atoms with E-state index in [0.717, 1.165) is 58.2 Å². The minimum absolute atomic E-state index is 0.385. The summed E-state index contributed by atoms with van der Waals surface area (Å²) in [4.78, 5) is 4.15. The fraction of sp³-hybridized carbons (Fsp3) is 0.308. The molecule has 1 heterocycles. The van der Waals surface area contributed by atoms with Crippen LogP contribution >= 0.6 is 0 Å². The SMILES string of the molecule is Cc1ccc2c(c1C)N(CCCCNCc1cccc(C)c1O)c1ccccc1S2=O. The third-order valence-electron chi connectivity index (χ3n) is 6.11. The number of fused-ring (bicyclic) bond motifs is 2. The summed E-state index contributed by atoms with van der Waals surface area (Å²) in [7, 11) is -1.14. The minimum atomic E-state index is -1.14. The van der Waals surface area contributed by atoms with E-state index in [4.69, 9.17) is 0 Å². The molecule has 0 amide bonds. The van der Waals surface area contributed by atoms with Crippen LogP contribution in [0, 0.1) is 20.8 Å². The fourth-order valence-corrected chi connectivity index (χ4v) is 5.61. The van der Waals surface area contributed by atoms with Crippen molar-refractivity contribution in [1.29, 1.82) is 0 Å². The zero-order valence-electron chi connectivity index (χ0n) is 18.4. The highest BCUT2D eigenvalue weighted by Crippen LogP contribution is 2.44. The second kappa shape index (κ2) is 9.25. The molecule has 4 rings (SSSR count). The van der Waals surface area contributed by atoms with Gasteiger partial charge in [0, 0.05) is 18.7 Å². The summed E-state index contributed by atoms with van der Waals surface area (Å²) in [5, 5.41) is 13.6. The van der Waals surface area contributed by atoms with Gasteiger partial charge in [-0.2, -0.15) is 0 Å². The molecule has 0 saturated heterocycles. The Balaban J connectivity index is 1.43. The lowest BCUT2D eigenvalue weighted by atomic mass is 10.1. The Morgan fingerprint density at radius 1 is 0.903 bits per heavy atom. The molecule has 162 valence electrons. The van der Waals surface area contributed by atoms with Crippen LogP contribution in [0.15, 0.2) is 64.4 Å². The molecule has 2 N–H and O–H groups in total. The molecule has 0 aromatic heterocycles. The van der Waals surface area contributed by atoms with E-state index >= 15 is 0 Å². The number of phenols is 1. The van der Waals surface area contributed by atoms with E-state index in [1.165, 1.54) is 11.1 Å². The number of para-hydroxylation sites is 2. The standard InChI is InChI=1S/C26H30N2O2S/c1-18-13-14-24-25(20(18)3)28(22-11-4-5-12-23(22)31(24)30)16-7-6-15-27-17-21-10-8-9-19(2)26(21)29/h4-5,8-14,27,29H,6-7,15-17H2,1-3H3. The van der Waals surface area contributed by atoms with Gasteiger partial charge in [0.2, 0.25) is 0 Å². The fourth-order valence-electron chi connectivity index (χ4n) is 4.17. The van der Waals surface area contributed by atoms with Crippen LogP contribution in [0.4, 0.5) is 11.4 Å². The molecule has 3 aromatic carbocycles. The number of phenolic OH excluding ortho intramolecular Hbond substituents is 1. The van der Waals surface area contributed by atoms with Crippen LogP contribution < -0.4 is 10.2 Å². The van der Waals surface area contributed by atoms with Gasteiger partial charge in [-0.25, -0.2) is 4.21 Å². The zero-order valence-corrected chi connectivity index (χ0v) is 19.3. The lowest BCUT2D eigenvalue weighted by Gasteiger charge is -2.34. The van der Waals surface area contributed by atoms with Crippen LogP contribution in [-0.2, 0) is 17.3 Å². The highest BCUT2D eigenvalue weighted by atomic mass is 32.2. The number of hydrogen-bond donors (Lipinski definition) is 2. The van der Waals surface area contributed by atoms with E-state index in [2.05, 4.69) is 36.2 Å². The van der Waals surface area contributed by atoms with Crippen LogP contribution in [0.25, 0.3) is 0 Å². The second-order valence-electron chi connectivity index (χ2n) is 8.21. The normalized spacial score (nSPS) is 14.9. The maximum atomic E-state index is 13.2. The maximum Gasteiger partial charge on any atom is 0.122 e. The van der Waals surface area contributed by atoms with Gasteiger partial charge in [-0.15, -0.1) is 0 Å². The van der Waals surface area contributed by atoms with Crippen molar-refractivity contribution in [3.8, 4) is 5.75 Å². The first-order valence-corrected chi connectivity index (χ1v) is 12.0. The third kappa shape index (κ3) is 4.25. The summed E-state index contributed by atoms with van der Waals surface area (Å²) >= 11 is 0. The van der Waals surface area contributed by atoms with Crippen molar-refractivity contribution < 1.29 is 9.32 Å². The van der Waals surface area contributed by atoms with Crippen LogP contribution in [0.2, 0.25) is 0 Å². The number of aromatic hydroxyl groups is 1. The molecule has 1 unspecified atom stereocenters. The van der Waals surface area contributed by atoms with Gasteiger partial charge in [-0.1, -0.05) is 36.4 Å². The Bertz CT molecular complexity index is 1130. The summed E-state index contributed by atoms with van der Waals surface area (Å²) < 4.78 is 13.2. The Morgan fingerprint density at radius 3 is 2.55 bits per heavy atom. The summed E-state index contributed by atoms with van der Waals surface area (Å²) in [6.07, 6.45) is 2.04. The molecule has 1 aliphatic rings. The number of aryl methyl sites for hydroxylation is 2. The van der Waals surface area contributed by atoms with Crippen molar-refractivity contribution in [2.24, 2.45) is 0 Å². The van der Waals surface area contributed by atoms with Crippen molar-refractivity contribution in [3.05, 3.63) is 76.9 Å². The Hall–Kier alpha value is -2.63. The Kier molecular flexibility index (Phi) is 6.44. The first-order chi connectivity index (χ1) is 15.0. The summed E-state index contributed by atoms with van der Waals surface area (Å²) in [6.45, 7) is 8.59. The second-order valence-corrected chi connectivity index (χ2v) is 9.63. The summed E-state index contributed by atoms with van der Waals surface area (Å²) in [5.74, 6) is 0.385. The lowest BCUT2D eigenvalue weighted by molar-refractivity contribution is 0.460. The number of nitrogens with zero attached hydrogens (tertiary/aromatic N) is 1. The molecule has 0 spiro atoms. The van der Waals surface area contributed by atoms with Gasteiger partial charge in [-0.05, 0) is 75.0 Å². The van der Waals surface area contributed by atoms with E-state index in [0.29, 0.717) is 12.3 Å². The van der Waals surface area contributed by atoms with E-state index in [9.17, 15) is 9.32 Å². The quantitative estimate of drug-likeness (QED) is 0.482. The Labute approximate surface area is 187 Å². The molecule has 5 heteroatoms. The molecule has 0 fully saturated rings. The number of nitrogens with one attached hydrogen (secondary N) is 1. The molecule has 31 heavy (non-hydrogen) atoms. The summed E-state index contributed by atoms with van der Waals surface area (Å²) in [5.41, 5.74) is 6.43. The molecule has 1 atom stereocenters. The van der Waals surface area contributed by atoms with Crippen molar-refractivity contribution >= 4 is 22.2 Å². The highest BCUT2D eigenvalue weighted by Gasteiger charge is 2.29. The smallest absolute Gasteiger partial charge is 0.122 e. The number of rotatable bonds is 7.